The highest BCUT2D eigenvalue weighted by Gasteiger charge is 2.63. The van der Waals surface area contributed by atoms with Crippen LogP contribution in [0.2, 0.25) is 0 Å². The van der Waals surface area contributed by atoms with Gasteiger partial charge in [-0.2, -0.15) is 37.1 Å². The Morgan fingerprint density at radius 2 is 1.73 bits per heavy atom. The maximum atomic E-state index is 15.8. The molecule has 2 aromatic carbocycles. The second-order valence-corrected chi connectivity index (χ2v) is 19.5. The first-order valence-electron chi connectivity index (χ1n) is 20.4. The fraction of sp³-hybridized carbons (Fsp3) is 0.439. The van der Waals surface area contributed by atoms with E-state index in [9.17, 15) is 35.2 Å². The van der Waals surface area contributed by atoms with Crippen LogP contribution in [0.25, 0.3) is 32.4 Å². The van der Waals surface area contributed by atoms with E-state index in [0.717, 1.165) is 31.5 Å². The molecule has 14 nitrogen and oxygen atoms in total. The molecule has 3 fully saturated rings. The zero-order chi connectivity index (χ0) is 45.0. The van der Waals surface area contributed by atoms with Gasteiger partial charge in [0, 0.05) is 67.3 Å². The highest BCUT2D eigenvalue weighted by Crippen LogP contribution is 2.64. The minimum Gasteiger partial charge on any atom is -0.378 e. The summed E-state index contributed by atoms with van der Waals surface area (Å²) >= 11 is 1.36. The third-order valence-corrected chi connectivity index (χ3v) is 14.2. The number of aryl methyl sites for hydroxylation is 1. The molecule has 1 saturated carbocycles. The molecule has 0 radical (unpaired) electrons. The largest absolute Gasteiger partial charge is 0.435 e. The summed E-state index contributed by atoms with van der Waals surface area (Å²) in [6.45, 7) is 3.19. The van der Waals surface area contributed by atoms with Crippen molar-refractivity contribution in [2.24, 2.45) is 13.0 Å². The number of fused-ring (bicyclic) bond motifs is 5. The van der Waals surface area contributed by atoms with Gasteiger partial charge >= 0.3 is 6.18 Å². The molecule has 0 spiro atoms. The normalized spacial score (nSPS) is 20.5. The minimum atomic E-state index is -5.07. The molecule has 1 amide bonds. The van der Waals surface area contributed by atoms with E-state index in [1.54, 1.807) is 31.3 Å². The smallest absolute Gasteiger partial charge is 0.378 e. The minimum absolute atomic E-state index is 0.0126. The van der Waals surface area contributed by atoms with Crippen LogP contribution in [-0.4, -0.2) is 100 Å². The lowest BCUT2D eigenvalue weighted by atomic mass is 9.73. The van der Waals surface area contributed by atoms with Gasteiger partial charge in [-0.3, -0.25) is 23.8 Å². The highest BCUT2D eigenvalue weighted by atomic mass is 32.2. The van der Waals surface area contributed by atoms with Crippen molar-refractivity contribution in [3.05, 3.63) is 82.3 Å². The van der Waals surface area contributed by atoms with Gasteiger partial charge in [0.15, 0.2) is 22.3 Å². The standard InChI is InChI=1S/C41H39F7N10O4S2/c1-55-34-24(4-3-5-26(34)37(53-55)54-64(2,60)61)27-16-30-38(51-39(63-30)57-10-8-56(9-11-57)23-18-62-19-23)50-33(27)29(14-20-12-21(42)15-22(43)13-20)49-31(59)17-58-36-32(35(52-58)41(46,47)48)25-6-7-28(25)40(36,44)45/h3-5,12-13,15-16,23,25,28-29H,6-11,14,17-19H2,1-2H3,(H,49,59)(H,53,54)/t25-,28+,29-/m0/s1. The zero-order valence-corrected chi connectivity index (χ0v) is 35.7. The number of benzene rings is 2. The number of piperazine rings is 1. The number of pyridine rings is 1. The number of sulfonamides is 1. The Balaban J connectivity index is 1.10. The van der Waals surface area contributed by atoms with Crippen LogP contribution < -0.4 is 14.9 Å². The molecule has 0 bridgehead atoms. The first kappa shape index (κ1) is 42.6. The van der Waals surface area contributed by atoms with Gasteiger partial charge in [0.2, 0.25) is 15.9 Å². The number of hydrogen-bond donors (Lipinski definition) is 2. The Hall–Kier alpha value is -5.39. The molecule has 6 aromatic rings. The predicted molar refractivity (Wildman–Crippen MR) is 222 cm³/mol. The van der Waals surface area contributed by atoms with Crippen molar-refractivity contribution in [3.63, 3.8) is 0 Å². The SMILES string of the molecule is Cn1nc(NS(C)(=O)=O)c2cccc(-c3cc4sc(N5CCN(C6COC6)CC5)nc4nc3[C@H](Cc3cc(F)cc(F)c3)NC(=O)Cn3nc(C(F)(F)F)c4c3C(F)(F)[C@@H]3CC[C@H]43)c21. The Bertz CT molecular complexity index is 2940. The van der Waals surface area contributed by atoms with E-state index in [1.165, 1.54) is 16.0 Å². The van der Waals surface area contributed by atoms with Gasteiger partial charge in [0.05, 0.1) is 47.5 Å². The van der Waals surface area contributed by atoms with Crippen LogP contribution in [0.3, 0.4) is 0 Å². The lowest BCUT2D eigenvalue weighted by molar-refractivity contribution is -0.144. The second kappa shape index (κ2) is 15.4. The number of hydrogen-bond acceptors (Lipinski definition) is 11. The maximum Gasteiger partial charge on any atom is 0.435 e. The Labute approximate surface area is 364 Å². The summed E-state index contributed by atoms with van der Waals surface area (Å²) in [5, 5.41) is 11.8. The lowest BCUT2D eigenvalue weighted by Crippen LogP contribution is -2.56. The van der Waals surface area contributed by atoms with E-state index in [4.69, 9.17) is 14.7 Å². The lowest BCUT2D eigenvalue weighted by Gasteiger charge is -2.42. The Kier molecular flexibility index (Phi) is 10.2. The topological polar surface area (TPSA) is 152 Å². The molecule has 3 atom stereocenters. The van der Waals surface area contributed by atoms with Crippen molar-refractivity contribution in [3.8, 4) is 11.1 Å². The van der Waals surface area contributed by atoms with Gasteiger partial charge in [-0.15, -0.1) is 0 Å². The summed E-state index contributed by atoms with van der Waals surface area (Å²) in [4.78, 5) is 28.6. The fourth-order valence-electron chi connectivity index (χ4n) is 9.51. The van der Waals surface area contributed by atoms with E-state index in [-0.39, 0.29) is 42.0 Å². The molecule has 64 heavy (non-hydrogen) atoms. The molecule has 10 rings (SSSR count). The fourth-order valence-corrected chi connectivity index (χ4v) is 11.0. The van der Waals surface area contributed by atoms with E-state index in [1.807, 2.05) is 0 Å². The first-order chi connectivity index (χ1) is 30.3. The van der Waals surface area contributed by atoms with Crippen LogP contribution in [0.5, 0.6) is 0 Å². The van der Waals surface area contributed by atoms with Crippen molar-refractivity contribution < 1.29 is 48.7 Å². The summed E-state index contributed by atoms with van der Waals surface area (Å²) in [5.41, 5.74) is -1.36. The molecule has 23 heteroatoms. The highest BCUT2D eigenvalue weighted by molar-refractivity contribution is 7.92. The monoisotopic (exact) mass is 932 g/mol. The molecule has 0 unspecified atom stereocenters. The predicted octanol–water partition coefficient (Wildman–Crippen LogP) is 6.33. The number of nitrogens with one attached hydrogen (secondary N) is 2. The summed E-state index contributed by atoms with van der Waals surface area (Å²) in [6, 6.07) is 8.62. The molecule has 4 aliphatic rings. The number of carbonyl (C=O) groups is 1. The second-order valence-electron chi connectivity index (χ2n) is 16.8. The summed E-state index contributed by atoms with van der Waals surface area (Å²) in [5.74, 6) is -8.94. The average molecular weight is 933 g/mol. The quantitative estimate of drug-likeness (QED) is 0.141. The summed E-state index contributed by atoms with van der Waals surface area (Å²) < 4.78 is 139. The molecular weight excluding hydrogens is 894 g/mol. The van der Waals surface area contributed by atoms with Crippen LogP contribution in [0.4, 0.5) is 41.7 Å². The number of amides is 1. The van der Waals surface area contributed by atoms with E-state index in [2.05, 4.69) is 30.0 Å². The van der Waals surface area contributed by atoms with Crippen LogP contribution >= 0.6 is 11.3 Å². The van der Waals surface area contributed by atoms with E-state index < -0.39 is 81.0 Å². The molecule has 2 N–H and O–H groups in total. The number of aromatic nitrogens is 6. The summed E-state index contributed by atoms with van der Waals surface area (Å²) in [7, 11) is -2.19. The molecule has 2 aliphatic carbocycles. The van der Waals surface area contributed by atoms with E-state index >= 15 is 8.78 Å². The zero-order valence-electron chi connectivity index (χ0n) is 34.1. The van der Waals surface area contributed by atoms with Gasteiger partial charge < -0.3 is 15.0 Å². The van der Waals surface area contributed by atoms with Crippen molar-refractivity contribution in [2.75, 3.05) is 55.3 Å². The Morgan fingerprint density at radius 3 is 2.38 bits per heavy atom. The third-order valence-electron chi connectivity index (χ3n) is 12.6. The molecule has 338 valence electrons. The number of anilines is 2. The molecule has 6 heterocycles. The number of alkyl halides is 5. The van der Waals surface area contributed by atoms with Gasteiger partial charge in [0.1, 0.15) is 23.9 Å². The molecule has 4 aromatic heterocycles. The maximum absolute atomic E-state index is 15.8. The van der Waals surface area contributed by atoms with Crippen molar-refractivity contribution in [1.29, 1.82) is 0 Å². The molecular formula is C41H39F7N10O4S2. The number of thiazole rings is 1. The summed E-state index contributed by atoms with van der Waals surface area (Å²) in [6.07, 6.45) is -4.29. The van der Waals surface area contributed by atoms with Crippen molar-refractivity contribution >= 4 is 59.5 Å². The first-order valence-corrected chi connectivity index (χ1v) is 23.2. The van der Waals surface area contributed by atoms with Crippen molar-refractivity contribution in [1.82, 2.24) is 39.7 Å². The molecule has 2 saturated heterocycles. The number of para-hydroxylation sites is 1. The number of carbonyl (C=O) groups excluding carboxylic acids is 1. The van der Waals surface area contributed by atoms with Crippen LogP contribution in [0, 0.1) is 17.6 Å². The van der Waals surface area contributed by atoms with Crippen LogP contribution in [-0.2, 0) is 51.7 Å². The third kappa shape index (κ3) is 7.52. The van der Waals surface area contributed by atoms with E-state index in [0.29, 0.717) is 75.0 Å². The van der Waals surface area contributed by atoms with Gasteiger partial charge in [0.25, 0.3) is 5.92 Å². The molecule has 2 aliphatic heterocycles. The van der Waals surface area contributed by atoms with Crippen molar-refractivity contribution in [2.45, 2.75) is 55.9 Å². The number of nitrogens with zero attached hydrogens (tertiary/aromatic N) is 8. The van der Waals surface area contributed by atoms with Gasteiger partial charge in [-0.1, -0.05) is 23.5 Å². The van der Waals surface area contributed by atoms with Gasteiger partial charge in [-0.25, -0.2) is 22.2 Å². The number of halogens is 7. The van der Waals surface area contributed by atoms with Crippen LogP contribution in [0.1, 0.15) is 53.0 Å². The van der Waals surface area contributed by atoms with Gasteiger partial charge in [-0.05, 0) is 55.0 Å². The Morgan fingerprint density at radius 1 is 1.00 bits per heavy atom. The number of rotatable bonds is 11. The average Bonchev–Trinajstić information content (AvgIpc) is 3.88. The van der Waals surface area contributed by atoms with Crippen LogP contribution in [0.15, 0.2) is 42.5 Å². The number of ether oxygens (including phenoxy) is 1.